The molecule has 1 aliphatic heterocycles. The Morgan fingerprint density at radius 3 is 2.21 bits per heavy atom. The van der Waals surface area contributed by atoms with Crippen LogP contribution < -0.4 is 5.73 Å². The number of hydrogen-bond donors (Lipinski definition) is 1. The number of nitrogens with zero attached hydrogens (tertiary/aromatic N) is 1. The Bertz CT molecular complexity index is 912. The molecule has 0 saturated carbocycles. The molecule has 2 aromatic carbocycles. The second kappa shape index (κ2) is 7.95. The lowest BCUT2D eigenvalue weighted by atomic mass is 9.98. The van der Waals surface area contributed by atoms with Crippen molar-refractivity contribution in [3.05, 3.63) is 59.7 Å². The van der Waals surface area contributed by atoms with E-state index < -0.39 is 30.6 Å². The van der Waals surface area contributed by atoms with Gasteiger partial charge in [0, 0.05) is 12.5 Å². The van der Waals surface area contributed by atoms with Crippen molar-refractivity contribution in [3.8, 4) is 11.1 Å². The third-order valence-corrected chi connectivity index (χ3v) is 5.45. The summed E-state index contributed by atoms with van der Waals surface area (Å²) in [6, 6.07) is 15.4. The zero-order chi connectivity index (χ0) is 20.4. The van der Waals surface area contributed by atoms with E-state index >= 15 is 0 Å². The molecule has 29 heavy (non-hydrogen) atoms. The van der Waals surface area contributed by atoms with Crippen molar-refractivity contribution in [2.75, 3.05) is 19.8 Å². The van der Waals surface area contributed by atoms with Crippen LogP contribution in [0.4, 0.5) is 4.79 Å². The van der Waals surface area contributed by atoms with Crippen LogP contribution in [0.3, 0.4) is 0 Å². The number of primary amides is 1. The molecule has 0 radical (unpaired) electrons. The van der Waals surface area contributed by atoms with Gasteiger partial charge in [0.15, 0.2) is 6.61 Å². The Morgan fingerprint density at radius 1 is 0.966 bits per heavy atom. The van der Waals surface area contributed by atoms with E-state index in [9.17, 15) is 14.4 Å². The monoisotopic (exact) mass is 394 g/mol. The van der Waals surface area contributed by atoms with Crippen molar-refractivity contribution in [2.24, 2.45) is 5.73 Å². The molecule has 2 aromatic rings. The van der Waals surface area contributed by atoms with Gasteiger partial charge in [0.05, 0.1) is 0 Å². The number of nitrogens with two attached hydrogens (primary N) is 1. The summed E-state index contributed by atoms with van der Waals surface area (Å²) >= 11 is 0. The second-order valence-corrected chi connectivity index (χ2v) is 7.23. The number of likely N-dealkylation sites (tertiary alicyclic amines) is 1. The van der Waals surface area contributed by atoms with E-state index in [1.165, 1.54) is 4.90 Å². The molecule has 7 heteroatoms. The van der Waals surface area contributed by atoms with Gasteiger partial charge in [-0.2, -0.15) is 0 Å². The summed E-state index contributed by atoms with van der Waals surface area (Å²) < 4.78 is 10.5. The Balaban J connectivity index is 1.44. The fourth-order valence-corrected chi connectivity index (χ4v) is 4.15. The number of ether oxygens (including phenoxy) is 2. The molecule has 150 valence electrons. The van der Waals surface area contributed by atoms with Crippen molar-refractivity contribution >= 4 is 18.0 Å². The molecule has 1 saturated heterocycles. The van der Waals surface area contributed by atoms with Crippen LogP contribution in [0.5, 0.6) is 0 Å². The van der Waals surface area contributed by atoms with Gasteiger partial charge < -0.3 is 15.2 Å². The lowest BCUT2D eigenvalue weighted by Crippen LogP contribution is -2.42. The van der Waals surface area contributed by atoms with Crippen LogP contribution in [0.25, 0.3) is 11.1 Å². The van der Waals surface area contributed by atoms with E-state index in [0.29, 0.717) is 19.4 Å². The number of amides is 2. The molecule has 0 bridgehead atoms. The summed E-state index contributed by atoms with van der Waals surface area (Å²) in [6.07, 6.45) is 0.591. The molecule has 2 N–H and O–H groups in total. The van der Waals surface area contributed by atoms with E-state index in [-0.39, 0.29) is 12.5 Å². The molecule has 0 spiro atoms. The van der Waals surface area contributed by atoms with E-state index in [4.69, 9.17) is 15.2 Å². The largest absolute Gasteiger partial charge is 0.454 e. The molecule has 1 atom stereocenters. The Hall–Kier alpha value is -3.35. The first-order valence-electron chi connectivity index (χ1n) is 9.63. The highest BCUT2D eigenvalue weighted by Gasteiger charge is 2.37. The van der Waals surface area contributed by atoms with Crippen LogP contribution in [0, 0.1) is 0 Å². The fraction of sp³-hybridized carbons (Fsp3) is 0.318. The maximum atomic E-state index is 12.7. The Morgan fingerprint density at radius 2 is 1.59 bits per heavy atom. The van der Waals surface area contributed by atoms with Crippen LogP contribution >= 0.6 is 0 Å². The number of carbonyl (C=O) groups excluding carboxylic acids is 3. The lowest BCUT2D eigenvalue weighted by molar-refractivity contribution is -0.151. The molecule has 1 fully saturated rings. The lowest BCUT2D eigenvalue weighted by Gasteiger charge is -2.23. The molecule has 2 aliphatic rings. The summed E-state index contributed by atoms with van der Waals surface area (Å²) in [5, 5.41) is 0. The first kappa shape index (κ1) is 19.0. The van der Waals surface area contributed by atoms with E-state index in [2.05, 4.69) is 12.1 Å². The number of esters is 1. The molecule has 1 aliphatic carbocycles. The maximum absolute atomic E-state index is 12.7. The second-order valence-electron chi connectivity index (χ2n) is 7.23. The Kier molecular flexibility index (Phi) is 5.20. The van der Waals surface area contributed by atoms with Crippen LogP contribution in [0.15, 0.2) is 48.5 Å². The number of benzene rings is 2. The first-order chi connectivity index (χ1) is 14.1. The SMILES string of the molecule is NC(=O)COC(=O)[C@@H]1CCCN1C(=O)OCC1c2ccccc2-c2ccccc21. The minimum Gasteiger partial charge on any atom is -0.454 e. The molecule has 0 unspecified atom stereocenters. The average Bonchev–Trinajstić information content (AvgIpc) is 3.34. The maximum Gasteiger partial charge on any atom is 0.410 e. The summed E-state index contributed by atoms with van der Waals surface area (Å²) in [7, 11) is 0. The zero-order valence-electron chi connectivity index (χ0n) is 15.9. The van der Waals surface area contributed by atoms with Crippen LogP contribution in [-0.2, 0) is 19.1 Å². The standard InChI is InChI=1S/C22H22N2O5/c23-20(25)13-28-21(26)19-10-5-11-24(19)22(27)29-12-18-16-8-3-1-6-14(16)15-7-2-4-9-17(15)18/h1-4,6-9,18-19H,5,10-13H2,(H2,23,25)/t19-/m0/s1. The smallest absolute Gasteiger partial charge is 0.410 e. The fourth-order valence-electron chi connectivity index (χ4n) is 4.15. The zero-order valence-corrected chi connectivity index (χ0v) is 15.9. The van der Waals surface area contributed by atoms with Gasteiger partial charge in [0.2, 0.25) is 0 Å². The molecular weight excluding hydrogens is 372 g/mol. The topological polar surface area (TPSA) is 98.9 Å². The summed E-state index contributed by atoms with van der Waals surface area (Å²) in [4.78, 5) is 37.1. The molecule has 0 aromatic heterocycles. The normalized spacial score (nSPS) is 17.5. The van der Waals surface area contributed by atoms with Gasteiger partial charge >= 0.3 is 12.1 Å². The molecule has 4 rings (SSSR count). The van der Waals surface area contributed by atoms with Crippen molar-refractivity contribution < 1.29 is 23.9 Å². The first-order valence-corrected chi connectivity index (χ1v) is 9.63. The van der Waals surface area contributed by atoms with Crippen molar-refractivity contribution in [2.45, 2.75) is 24.8 Å². The quantitative estimate of drug-likeness (QED) is 0.786. The van der Waals surface area contributed by atoms with E-state index in [1.807, 2.05) is 36.4 Å². The minimum absolute atomic E-state index is 0.0470. The average molecular weight is 394 g/mol. The molecule has 2 amide bonds. The van der Waals surface area contributed by atoms with Gasteiger partial charge in [-0.1, -0.05) is 48.5 Å². The highest BCUT2D eigenvalue weighted by atomic mass is 16.6. The summed E-state index contributed by atoms with van der Waals surface area (Å²) in [5.74, 6) is -1.41. The van der Waals surface area contributed by atoms with Gasteiger partial charge in [-0.3, -0.25) is 9.69 Å². The third-order valence-electron chi connectivity index (χ3n) is 5.45. The van der Waals surface area contributed by atoms with Gasteiger partial charge in [-0.05, 0) is 35.1 Å². The van der Waals surface area contributed by atoms with Gasteiger partial charge in [-0.25, -0.2) is 9.59 Å². The van der Waals surface area contributed by atoms with Crippen LogP contribution in [-0.4, -0.2) is 48.7 Å². The number of carbonyl (C=O) groups is 3. The minimum atomic E-state index is -0.745. The van der Waals surface area contributed by atoms with Crippen molar-refractivity contribution in [3.63, 3.8) is 0 Å². The predicted octanol–water partition coefficient (Wildman–Crippen LogP) is 2.43. The highest BCUT2D eigenvalue weighted by Crippen LogP contribution is 2.44. The van der Waals surface area contributed by atoms with Gasteiger partial charge in [0.25, 0.3) is 5.91 Å². The molecular formula is C22H22N2O5. The van der Waals surface area contributed by atoms with Gasteiger partial charge in [0.1, 0.15) is 12.6 Å². The number of rotatable bonds is 5. The van der Waals surface area contributed by atoms with Crippen LogP contribution in [0.2, 0.25) is 0 Å². The van der Waals surface area contributed by atoms with Crippen molar-refractivity contribution in [1.82, 2.24) is 4.90 Å². The molecule has 7 nitrogen and oxygen atoms in total. The van der Waals surface area contributed by atoms with Gasteiger partial charge in [-0.15, -0.1) is 0 Å². The van der Waals surface area contributed by atoms with Crippen LogP contribution in [0.1, 0.15) is 29.9 Å². The van der Waals surface area contributed by atoms with E-state index in [0.717, 1.165) is 22.3 Å². The van der Waals surface area contributed by atoms with Crippen molar-refractivity contribution in [1.29, 1.82) is 0 Å². The number of fused-ring (bicyclic) bond motifs is 3. The van der Waals surface area contributed by atoms with E-state index in [1.54, 1.807) is 0 Å². The third kappa shape index (κ3) is 3.68. The predicted molar refractivity (Wildman–Crippen MR) is 105 cm³/mol. The Labute approximate surface area is 168 Å². The number of hydrogen-bond acceptors (Lipinski definition) is 5. The molecule has 1 heterocycles. The summed E-state index contributed by atoms with van der Waals surface area (Å²) in [6.45, 7) is 0.104. The summed E-state index contributed by atoms with van der Waals surface area (Å²) in [5.41, 5.74) is 9.56. The highest BCUT2D eigenvalue weighted by molar-refractivity contribution is 5.85.